The van der Waals surface area contributed by atoms with Gasteiger partial charge >= 0.3 is 0 Å². The minimum Gasteiger partial charge on any atom is -0.497 e. The van der Waals surface area contributed by atoms with Gasteiger partial charge in [0.25, 0.3) is 5.56 Å². The van der Waals surface area contributed by atoms with Crippen LogP contribution >= 0.6 is 11.8 Å². The van der Waals surface area contributed by atoms with Gasteiger partial charge in [0.15, 0.2) is 0 Å². The Labute approximate surface area is 197 Å². The first-order valence-corrected chi connectivity index (χ1v) is 12.0. The lowest BCUT2D eigenvalue weighted by atomic mass is 10.0. The van der Waals surface area contributed by atoms with Crippen molar-refractivity contribution in [1.29, 1.82) is 0 Å². The maximum absolute atomic E-state index is 13.4. The van der Waals surface area contributed by atoms with Crippen LogP contribution in [-0.2, 0) is 24.2 Å². The average Bonchev–Trinajstić information content (AvgIpc) is 2.85. The average molecular weight is 459 g/mol. The number of rotatable bonds is 8. The van der Waals surface area contributed by atoms with Crippen LogP contribution in [0.25, 0.3) is 10.9 Å². The molecule has 5 nitrogen and oxygen atoms in total. The number of aromatic nitrogens is 1. The van der Waals surface area contributed by atoms with Gasteiger partial charge in [0.1, 0.15) is 12.3 Å². The Kier molecular flexibility index (Phi) is 7.15. The van der Waals surface area contributed by atoms with E-state index in [2.05, 4.69) is 17.4 Å². The summed E-state index contributed by atoms with van der Waals surface area (Å²) in [6.45, 7) is -0.0782. The summed E-state index contributed by atoms with van der Waals surface area (Å²) < 4.78 is 6.91. The third kappa shape index (κ3) is 5.46. The van der Waals surface area contributed by atoms with Gasteiger partial charge in [0.05, 0.1) is 12.6 Å². The maximum Gasteiger partial charge on any atom is 0.254 e. The normalized spacial score (nSPS) is 10.8. The van der Waals surface area contributed by atoms with Crippen molar-refractivity contribution in [2.75, 3.05) is 18.7 Å². The minimum atomic E-state index is -0.250. The van der Waals surface area contributed by atoms with Gasteiger partial charge in [-0.15, -0.1) is 11.8 Å². The summed E-state index contributed by atoms with van der Waals surface area (Å²) in [6.07, 6.45) is 3.34. The number of aryl methyl sites for hydroxylation is 2. The summed E-state index contributed by atoms with van der Waals surface area (Å²) in [5.74, 6) is 0.389. The van der Waals surface area contributed by atoms with Crippen LogP contribution in [-0.4, -0.2) is 23.8 Å². The van der Waals surface area contributed by atoms with Gasteiger partial charge in [-0.05, 0) is 66.4 Å². The van der Waals surface area contributed by atoms with Crippen molar-refractivity contribution in [2.24, 2.45) is 0 Å². The van der Waals surface area contributed by atoms with E-state index in [1.54, 1.807) is 29.5 Å². The molecule has 0 fully saturated rings. The molecule has 1 N–H and O–H groups in total. The van der Waals surface area contributed by atoms with E-state index in [1.165, 1.54) is 5.56 Å². The lowest BCUT2D eigenvalue weighted by Crippen LogP contribution is -2.30. The number of pyridine rings is 1. The molecule has 0 atom stereocenters. The number of thioether (sulfide) groups is 1. The van der Waals surface area contributed by atoms with Crippen LogP contribution in [0, 0.1) is 0 Å². The van der Waals surface area contributed by atoms with Gasteiger partial charge in [-0.3, -0.25) is 14.2 Å². The van der Waals surface area contributed by atoms with Crippen molar-refractivity contribution in [2.45, 2.75) is 24.3 Å². The first kappa shape index (κ1) is 22.7. The summed E-state index contributed by atoms with van der Waals surface area (Å²) in [5.41, 5.74) is 3.09. The Bertz CT molecular complexity index is 1330. The van der Waals surface area contributed by atoms with E-state index in [9.17, 15) is 9.59 Å². The fourth-order valence-electron chi connectivity index (χ4n) is 3.84. The van der Waals surface area contributed by atoms with Crippen LogP contribution < -0.4 is 15.6 Å². The molecule has 4 aromatic rings. The summed E-state index contributed by atoms with van der Waals surface area (Å²) in [6, 6.07) is 25.3. The lowest BCUT2D eigenvalue weighted by Gasteiger charge is -2.14. The molecule has 1 amide bonds. The zero-order valence-corrected chi connectivity index (χ0v) is 19.5. The van der Waals surface area contributed by atoms with Gasteiger partial charge in [-0.2, -0.15) is 0 Å². The summed E-state index contributed by atoms with van der Waals surface area (Å²) >= 11 is 1.61. The van der Waals surface area contributed by atoms with Crippen molar-refractivity contribution in [1.82, 2.24) is 4.57 Å². The molecular formula is C27H26N2O3S. The second kappa shape index (κ2) is 10.4. The molecule has 0 radical (unpaired) electrons. The molecule has 0 saturated carbocycles. The van der Waals surface area contributed by atoms with Crippen molar-refractivity contribution in [3.8, 4) is 5.75 Å². The van der Waals surface area contributed by atoms with Crippen molar-refractivity contribution >= 4 is 34.3 Å². The summed E-state index contributed by atoms with van der Waals surface area (Å²) in [5, 5.41) is 3.82. The first-order chi connectivity index (χ1) is 16.1. The third-order valence-electron chi connectivity index (χ3n) is 5.56. The molecule has 0 bridgehead atoms. The highest BCUT2D eigenvalue weighted by Crippen LogP contribution is 2.22. The zero-order valence-electron chi connectivity index (χ0n) is 18.7. The van der Waals surface area contributed by atoms with Crippen molar-refractivity contribution in [3.05, 3.63) is 100 Å². The van der Waals surface area contributed by atoms with E-state index in [1.807, 2.05) is 66.9 Å². The Hall–Kier alpha value is -3.51. The molecule has 1 heterocycles. The Morgan fingerprint density at radius 3 is 2.55 bits per heavy atom. The van der Waals surface area contributed by atoms with E-state index >= 15 is 0 Å². The van der Waals surface area contributed by atoms with E-state index in [4.69, 9.17) is 4.74 Å². The maximum atomic E-state index is 13.4. The monoisotopic (exact) mass is 458 g/mol. The fourth-order valence-corrected chi connectivity index (χ4v) is 4.30. The molecule has 0 aliphatic heterocycles. The number of carbonyl (C=O) groups is 1. The topological polar surface area (TPSA) is 60.3 Å². The van der Waals surface area contributed by atoms with E-state index in [-0.39, 0.29) is 18.0 Å². The molecule has 33 heavy (non-hydrogen) atoms. The van der Waals surface area contributed by atoms with Crippen molar-refractivity contribution in [3.63, 3.8) is 0 Å². The summed E-state index contributed by atoms with van der Waals surface area (Å²) in [7, 11) is 1.59. The van der Waals surface area contributed by atoms with Gasteiger partial charge in [-0.1, -0.05) is 36.4 Å². The molecule has 0 aliphatic rings. The molecule has 0 aliphatic carbocycles. The van der Waals surface area contributed by atoms with Crippen LogP contribution in [0.3, 0.4) is 0 Å². The minimum absolute atomic E-state index is 0.0782. The van der Waals surface area contributed by atoms with E-state index in [0.29, 0.717) is 28.9 Å². The van der Waals surface area contributed by atoms with Gasteiger partial charge in [0.2, 0.25) is 5.91 Å². The van der Waals surface area contributed by atoms with Crippen LogP contribution in [0.4, 0.5) is 5.69 Å². The molecule has 0 spiro atoms. The molecule has 4 rings (SSSR count). The lowest BCUT2D eigenvalue weighted by molar-refractivity contribution is -0.116. The van der Waals surface area contributed by atoms with Crippen LogP contribution in [0.15, 0.2) is 88.6 Å². The highest BCUT2D eigenvalue weighted by molar-refractivity contribution is 7.98. The Balaban J connectivity index is 1.67. The molecule has 0 saturated heterocycles. The number of hydrogen-bond donors (Lipinski definition) is 1. The second-order valence-electron chi connectivity index (χ2n) is 7.75. The molecule has 1 aromatic heterocycles. The number of ether oxygens (including phenoxy) is 1. The smallest absolute Gasteiger partial charge is 0.254 e. The number of carbonyl (C=O) groups excluding carboxylic acids is 1. The third-order valence-corrected chi connectivity index (χ3v) is 6.28. The van der Waals surface area contributed by atoms with E-state index in [0.717, 1.165) is 16.7 Å². The number of nitrogens with zero attached hydrogens (tertiary/aromatic N) is 1. The van der Waals surface area contributed by atoms with Crippen molar-refractivity contribution < 1.29 is 9.53 Å². The highest BCUT2D eigenvalue weighted by Gasteiger charge is 2.14. The summed E-state index contributed by atoms with van der Waals surface area (Å²) in [4.78, 5) is 27.4. The fraction of sp³-hybridized carbons (Fsp3) is 0.185. The van der Waals surface area contributed by atoms with Gasteiger partial charge < -0.3 is 10.1 Å². The van der Waals surface area contributed by atoms with Crippen LogP contribution in [0.5, 0.6) is 5.75 Å². The molecular weight excluding hydrogens is 432 g/mol. The SMILES string of the molecule is COc1ccc2cc(CCc3ccccc3)c(=O)n(CC(=O)Nc3cccc(SC)c3)c2c1. The molecule has 6 heteroatoms. The number of hydrogen-bond acceptors (Lipinski definition) is 4. The number of amides is 1. The van der Waals surface area contributed by atoms with Gasteiger partial charge in [0, 0.05) is 22.2 Å². The van der Waals surface area contributed by atoms with Gasteiger partial charge in [-0.25, -0.2) is 0 Å². The van der Waals surface area contributed by atoms with Crippen LogP contribution in [0.2, 0.25) is 0 Å². The Morgan fingerprint density at radius 1 is 0.970 bits per heavy atom. The molecule has 0 unspecified atom stereocenters. The largest absolute Gasteiger partial charge is 0.497 e. The number of fused-ring (bicyclic) bond motifs is 1. The van der Waals surface area contributed by atoms with Crippen LogP contribution in [0.1, 0.15) is 11.1 Å². The second-order valence-corrected chi connectivity index (χ2v) is 8.63. The first-order valence-electron chi connectivity index (χ1n) is 10.8. The molecule has 168 valence electrons. The zero-order chi connectivity index (χ0) is 23.2. The Morgan fingerprint density at radius 2 is 1.79 bits per heavy atom. The number of benzene rings is 3. The number of anilines is 1. The number of nitrogens with one attached hydrogen (secondary N) is 1. The standard InChI is InChI=1S/C27H26N2O3S/c1-32-23-14-13-20-15-21(12-11-19-7-4-3-5-8-19)27(31)29(25(20)17-23)18-26(30)28-22-9-6-10-24(16-22)33-2/h3-10,13-17H,11-12,18H2,1-2H3,(H,28,30). The quantitative estimate of drug-likeness (QED) is 0.371. The molecule has 3 aromatic carbocycles. The highest BCUT2D eigenvalue weighted by atomic mass is 32.2. The number of methoxy groups -OCH3 is 1. The predicted molar refractivity (Wildman–Crippen MR) is 135 cm³/mol. The predicted octanol–water partition coefficient (Wildman–Crippen LogP) is 5.16. The van der Waals surface area contributed by atoms with E-state index < -0.39 is 0 Å².